The van der Waals surface area contributed by atoms with Gasteiger partial charge >= 0.3 is 0 Å². The molecule has 1 heterocycles. The first kappa shape index (κ1) is 16.4. The van der Waals surface area contributed by atoms with Crippen LogP contribution in [0.1, 0.15) is 12.8 Å². The smallest absolute Gasteiger partial charge is 0.264 e. The Morgan fingerprint density at radius 1 is 1.24 bits per heavy atom. The molecule has 0 radical (unpaired) electrons. The summed E-state index contributed by atoms with van der Waals surface area (Å²) in [6, 6.07) is 7.90. The number of nitrogens with zero attached hydrogens (tertiary/aromatic N) is 1. The fraction of sp³-hybridized carbons (Fsp3) is 0.357. The Hall–Kier alpha value is -0.930. The zero-order valence-corrected chi connectivity index (χ0v) is 14.4. The quantitative estimate of drug-likeness (QED) is 0.584. The van der Waals surface area contributed by atoms with Gasteiger partial charge in [-0.05, 0) is 42.1 Å². The summed E-state index contributed by atoms with van der Waals surface area (Å²) in [4.78, 5) is 14.4. The first-order valence-electron chi connectivity index (χ1n) is 6.67. The van der Waals surface area contributed by atoms with Crippen LogP contribution in [0.3, 0.4) is 0 Å². The highest BCUT2D eigenvalue weighted by molar-refractivity contribution is 14.1. The molecule has 1 aromatic carbocycles. The number of nitrogens with one attached hydrogen (secondary N) is 1. The first-order chi connectivity index (χ1) is 10.0. The van der Waals surface area contributed by atoms with Crippen LogP contribution >= 0.6 is 22.6 Å². The molecule has 21 heavy (non-hydrogen) atoms. The summed E-state index contributed by atoms with van der Waals surface area (Å²) >= 11 is 1.97. The van der Waals surface area contributed by atoms with E-state index in [-0.39, 0.29) is 4.90 Å². The number of sulfonamides is 1. The number of rotatable bonds is 5. The van der Waals surface area contributed by atoms with Crippen LogP contribution in [0.4, 0.5) is 0 Å². The zero-order chi connectivity index (χ0) is 15.3. The second-order valence-electron chi connectivity index (χ2n) is 4.87. The molecule has 0 aliphatic carbocycles. The van der Waals surface area contributed by atoms with Gasteiger partial charge in [-0.3, -0.25) is 9.69 Å². The minimum absolute atomic E-state index is 0.0901. The van der Waals surface area contributed by atoms with Crippen molar-refractivity contribution in [1.29, 1.82) is 0 Å². The topological polar surface area (TPSA) is 66.5 Å². The lowest BCUT2D eigenvalue weighted by molar-refractivity contribution is -0.116. The molecule has 2 rings (SSSR count). The van der Waals surface area contributed by atoms with Crippen LogP contribution < -0.4 is 4.72 Å². The van der Waals surface area contributed by atoms with Gasteiger partial charge < -0.3 is 0 Å². The van der Waals surface area contributed by atoms with Crippen molar-refractivity contribution in [3.05, 3.63) is 40.0 Å². The van der Waals surface area contributed by atoms with Gasteiger partial charge in [-0.25, -0.2) is 13.1 Å². The molecule has 114 valence electrons. The molecule has 1 aliphatic rings. The molecule has 7 heteroatoms. The van der Waals surface area contributed by atoms with Gasteiger partial charge in [0, 0.05) is 12.1 Å². The van der Waals surface area contributed by atoms with Gasteiger partial charge in [-0.2, -0.15) is 0 Å². The Morgan fingerprint density at radius 2 is 1.86 bits per heavy atom. The average molecular weight is 420 g/mol. The second kappa shape index (κ2) is 7.37. The molecular formula is C14H17IN2O3S. The van der Waals surface area contributed by atoms with Gasteiger partial charge in [0.2, 0.25) is 0 Å². The van der Waals surface area contributed by atoms with Gasteiger partial charge in [-0.1, -0.05) is 40.8 Å². The van der Waals surface area contributed by atoms with E-state index in [0.29, 0.717) is 12.1 Å². The number of carbonyl (C=O) groups excluding carboxylic acids is 1. The SMILES string of the molecule is O=C(NS(=O)(=O)c1ccccc1)/C(=C/I)CN1CCCC1. The molecule has 0 saturated carbocycles. The van der Waals surface area contributed by atoms with Crippen LogP contribution in [0.2, 0.25) is 0 Å². The van der Waals surface area contributed by atoms with E-state index in [0.717, 1.165) is 25.9 Å². The summed E-state index contributed by atoms with van der Waals surface area (Å²) in [6.07, 6.45) is 2.25. The monoisotopic (exact) mass is 420 g/mol. The van der Waals surface area contributed by atoms with E-state index in [2.05, 4.69) is 9.62 Å². The van der Waals surface area contributed by atoms with Crippen molar-refractivity contribution in [3.8, 4) is 0 Å². The Kier molecular flexibility index (Phi) is 5.77. The molecule has 1 aliphatic heterocycles. The Labute approximate surface area is 138 Å². The van der Waals surface area contributed by atoms with Gasteiger partial charge in [0.15, 0.2) is 0 Å². The van der Waals surface area contributed by atoms with Crippen LogP contribution in [-0.4, -0.2) is 38.9 Å². The predicted molar refractivity (Wildman–Crippen MR) is 89.5 cm³/mol. The third-order valence-corrected chi connectivity index (χ3v) is 5.40. The highest BCUT2D eigenvalue weighted by atomic mass is 127. The standard InChI is InChI=1S/C14H17IN2O3S/c15-10-12(11-17-8-4-5-9-17)14(18)16-21(19,20)13-6-2-1-3-7-13/h1-3,6-7,10H,4-5,8-9,11H2,(H,16,18)/b12-10+. The van der Waals surface area contributed by atoms with Gasteiger partial charge in [0.1, 0.15) is 0 Å². The summed E-state index contributed by atoms with van der Waals surface area (Å²) in [5.74, 6) is -0.555. The molecule has 0 unspecified atom stereocenters. The average Bonchev–Trinajstić information content (AvgIpc) is 2.98. The Morgan fingerprint density at radius 3 is 2.43 bits per heavy atom. The molecule has 1 fully saturated rings. The lowest BCUT2D eigenvalue weighted by atomic mass is 10.3. The van der Waals surface area contributed by atoms with Gasteiger partial charge in [0.05, 0.1) is 4.90 Å². The van der Waals surface area contributed by atoms with E-state index >= 15 is 0 Å². The number of carbonyl (C=O) groups is 1. The third kappa shape index (κ3) is 4.52. The summed E-state index contributed by atoms with van der Waals surface area (Å²) in [5, 5.41) is 0. The van der Waals surface area contributed by atoms with Crippen molar-refractivity contribution in [2.24, 2.45) is 0 Å². The Balaban J connectivity index is 2.05. The molecule has 0 bridgehead atoms. The maximum absolute atomic E-state index is 12.2. The van der Waals surface area contributed by atoms with Crippen molar-refractivity contribution < 1.29 is 13.2 Å². The lowest BCUT2D eigenvalue weighted by Gasteiger charge is -2.16. The van der Waals surface area contributed by atoms with Crippen LogP contribution in [0.25, 0.3) is 0 Å². The van der Waals surface area contributed by atoms with E-state index in [4.69, 9.17) is 0 Å². The summed E-state index contributed by atoms with van der Waals surface area (Å²) in [6.45, 7) is 2.39. The molecule has 1 amide bonds. The minimum atomic E-state index is -3.81. The summed E-state index contributed by atoms with van der Waals surface area (Å²) < 4.78 is 28.0. The molecule has 1 N–H and O–H groups in total. The van der Waals surface area contributed by atoms with E-state index in [1.807, 2.05) is 22.6 Å². The fourth-order valence-corrected chi connectivity index (χ4v) is 3.67. The fourth-order valence-electron chi connectivity index (χ4n) is 2.18. The molecule has 5 nitrogen and oxygen atoms in total. The molecular weight excluding hydrogens is 403 g/mol. The Bertz CT molecular complexity index is 623. The van der Waals surface area contributed by atoms with E-state index in [1.165, 1.54) is 12.1 Å². The number of hydrogen-bond donors (Lipinski definition) is 1. The summed E-state index contributed by atoms with van der Waals surface area (Å²) in [7, 11) is -3.81. The highest BCUT2D eigenvalue weighted by Gasteiger charge is 2.22. The zero-order valence-electron chi connectivity index (χ0n) is 11.5. The maximum atomic E-state index is 12.2. The normalized spacial score (nSPS) is 16.9. The number of likely N-dealkylation sites (tertiary alicyclic amines) is 1. The van der Waals surface area contributed by atoms with E-state index in [9.17, 15) is 13.2 Å². The van der Waals surface area contributed by atoms with Gasteiger partial charge in [-0.15, -0.1) is 0 Å². The minimum Gasteiger partial charge on any atom is -0.299 e. The highest BCUT2D eigenvalue weighted by Crippen LogP contribution is 2.13. The van der Waals surface area contributed by atoms with Gasteiger partial charge in [0.25, 0.3) is 15.9 Å². The number of amides is 1. The van der Waals surface area contributed by atoms with Crippen molar-refractivity contribution >= 4 is 38.5 Å². The first-order valence-corrected chi connectivity index (χ1v) is 9.39. The second-order valence-corrected chi connectivity index (χ2v) is 7.17. The lowest BCUT2D eigenvalue weighted by Crippen LogP contribution is -2.35. The molecule has 1 aromatic rings. The van der Waals surface area contributed by atoms with Crippen LogP contribution in [0, 0.1) is 0 Å². The number of benzene rings is 1. The largest absolute Gasteiger partial charge is 0.299 e. The summed E-state index contributed by atoms with van der Waals surface area (Å²) in [5.41, 5.74) is 0.469. The molecule has 0 aromatic heterocycles. The molecule has 0 atom stereocenters. The van der Waals surface area contributed by atoms with E-state index in [1.54, 1.807) is 22.3 Å². The van der Waals surface area contributed by atoms with Crippen molar-refractivity contribution in [2.75, 3.05) is 19.6 Å². The molecule has 0 spiro atoms. The third-order valence-electron chi connectivity index (χ3n) is 3.30. The van der Waals surface area contributed by atoms with Crippen LogP contribution in [0.15, 0.2) is 44.9 Å². The number of hydrogen-bond acceptors (Lipinski definition) is 4. The van der Waals surface area contributed by atoms with E-state index < -0.39 is 15.9 Å². The maximum Gasteiger partial charge on any atom is 0.264 e. The van der Waals surface area contributed by atoms with Crippen molar-refractivity contribution in [3.63, 3.8) is 0 Å². The van der Waals surface area contributed by atoms with Crippen LogP contribution in [-0.2, 0) is 14.8 Å². The predicted octanol–water partition coefficient (Wildman–Crippen LogP) is 1.91. The molecule has 1 saturated heterocycles. The number of halogens is 1. The van der Waals surface area contributed by atoms with Crippen molar-refractivity contribution in [2.45, 2.75) is 17.7 Å². The van der Waals surface area contributed by atoms with Crippen molar-refractivity contribution in [1.82, 2.24) is 9.62 Å². The van der Waals surface area contributed by atoms with Crippen LogP contribution in [0.5, 0.6) is 0 Å².